The molecule has 0 saturated heterocycles. The highest BCUT2D eigenvalue weighted by Gasteiger charge is 2.27. The number of furan rings is 1. The number of fused-ring (bicyclic) bond motifs is 1. The lowest BCUT2D eigenvalue weighted by atomic mass is 10.1. The fraction of sp³-hybridized carbons (Fsp3) is 0.300. The molecule has 3 heterocycles. The third kappa shape index (κ3) is 4.09. The van der Waals surface area contributed by atoms with Crippen LogP contribution in [0.4, 0.5) is 4.39 Å². The third-order valence-electron chi connectivity index (χ3n) is 4.77. The van der Waals surface area contributed by atoms with Gasteiger partial charge in [0.15, 0.2) is 0 Å². The Morgan fingerprint density at radius 3 is 2.96 bits per heavy atom. The molecule has 2 aromatic heterocycles. The number of benzene rings is 1. The Bertz CT molecular complexity index is 906. The Kier molecular flexibility index (Phi) is 5.02. The van der Waals surface area contributed by atoms with Gasteiger partial charge < -0.3 is 9.73 Å². The van der Waals surface area contributed by atoms with Crippen LogP contribution in [0.5, 0.6) is 0 Å². The molecule has 0 bridgehead atoms. The van der Waals surface area contributed by atoms with Gasteiger partial charge in [-0.15, -0.1) is 0 Å². The van der Waals surface area contributed by atoms with Crippen LogP contribution in [-0.4, -0.2) is 27.1 Å². The first-order chi connectivity index (χ1) is 13.2. The smallest absolute Gasteiger partial charge is 0.222 e. The van der Waals surface area contributed by atoms with E-state index in [1.54, 1.807) is 30.7 Å². The molecule has 0 fully saturated rings. The molecule has 1 aromatic carbocycles. The summed E-state index contributed by atoms with van der Waals surface area (Å²) >= 11 is 0. The van der Waals surface area contributed by atoms with E-state index in [1.807, 2.05) is 22.9 Å². The quantitative estimate of drug-likeness (QED) is 0.727. The summed E-state index contributed by atoms with van der Waals surface area (Å²) in [7, 11) is 0. The van der Waals surface area contributed by atoms with Crippen LogP contribution in [-0.2, 0) is 24.4 Å². The van der Waals surface area contributed by atoms with Crippen molar-refractivity contribution in [3.05, 3.63) is 77.8 Å². The zero-order valence-electron chi connectivity index (χ0n) is 14.8. The predicted octanol–water partition coefficient (Wildman–Crippen LogP) is 2.88. The van der Waals surface area contributed by atoms with E-state index in [1.165, 1.54) is 6.07 Å². The second kappa shape index (κ2) is 7.75. The SMILES string of the molecule is O=C(C[C@@H]1CN(Cc2ccccc2F)Cc2ccnn21)NCc1ccco1. The summed E-state index contributed by atoms with van der Waals surface area (Å²) in [6.45, 7) is 2.18. The van der Waals surface area contributed by atoms with E-state index in [4.69, 9.17) is 4.42 Å². The van der Waals surface area contributed by atoms with Gasteiger partial charge in [0.05, 0.1) is 31.0 Å². The molecule has 0 unspecified atom stereocenters. The Morgan fingerprint density at radius 1 is 1.26 bits per heavy atom. The maximum atomic E-state index is 14.0. The first kappa shape index (κ1) is 17.5. The third-order valence-corrected chi connectivity index (χ3v) is 4.77. The van der Waals surface area contributed by atoms with Gasteiger partial charge in [-0.25, -0.2) is 4.39 Å². The first-order valence-electron chi connectivity index (χ1n) is 8.96. The van der Waals surface area contributed by atoms with Gasteiger partial charge >= 0.3 is 0 Å². The average Bonchev–Trinajstić information content (AvgIpc) is 3.33. The molecule has 3 aromatic rings. The summed E-state index contributed by atoms with van der Waals surface area (Å²) in [4.78, 5) is 14.5. The second-order valence-electron chi connectivity index (χ2n) is 6.74. The van der Waals surface area contributed by atoms with Crippen LogP contribution >= 0.6 is 0 Å². The molecule has 140 valence electrons. The summed E-state index contributed by atoms with van der Waals surface area (Å²) in [6.07, 6.45) is 3.64. The number of amides is 1. The van der Waals surface area contributed by atoms with Crippen LogP contribution in [0.15, 0.2) is 59.3 Å². The Labute approximate surface area is 156 Å². The molecule has 0 spiro atoms. The molecule has 7 heteroatoms. The van der Waals surface area contributed by atoms with E-state index in [0.29, 0.717) is 43.9 Å². The van der Waals surface area contributed by atoms with E-state index in [-0.39, 0.29) is 17.8 Å². The van der Waals surface area contributed by atoms with Gasteiger partial charge in [-0.1, -0.05) is 18.2 Å². The van der Waals surface area contributed by atoms with Crippen molar-refractivity contribution in [2.45, 2.75) is 32.1 Å². The van der Waals surface area contributed by atoms with Crippen molar-refractivity contribution in [3.63, 3.8) is 0 Å². The van der Waals surface area contributed by atoms with Crippen LogP contribution in [0.2, 0.25) is 0 Å². The number of nitrogens with zero attached hydrogens (tertiary/aromatic N) is 3. The lowest BCUT2D eigenvalue weighted by Crippen LogP contribution is -2.39. The van der Waals surface area contributed by atoms with Crippen molar-refractivity contribution in [1.29, 1.82) is 0 Å². The Morgan fingerprint density at radius 2 is 2.15 bits per heavy atom. The van der Waals surface area contributed by atoms with Crippen LogP contribution in [0, 0.1) is 5.82 Å². The second-order valence-corrected chi connectivity index (χ2v) is 6.74. The minimum absolute atomic E-state index is 0.0643. The summed E-state index contributed by atoms with van der Waals surface area (Å²) in [6, 6.07) is 12.3. The van der Waals surface area contributed by atoms with Crippen LogP contribution < -0.4 is 5.32 Å². The first-order valence-corrected chi connectivity index (χ1v) is 8.96. The maximum absolute atomic E-state index is 14.0. The Hall–Kier alpha value is -2.93. The molecule has 1 aliphatic rings. The minimum atomic E-state index is -0.204. The largest absolute Gasteiger partial charge is 0.467 e. The lowest BCUT2D eigenvalue weighted by molar-refractivity contribution is -0.122. The molecule has 4 rings (SSSR count). The lowest BCUT2D eigenvalue weighted by Gasteiger charge is -2.33. The van der Waals surface area contributed by atoms with Gasteiger partial charge in [-0.2, -0.15) is 5.10 Å². The normalized spacial score (nSPS) is 16.9. The van der Waals surface area contributed by atoms with Crippen molar-refractivity contribution >= 4 is 5.91 Å². The zero-order valence-corrected chi connectivity index (χ0v) is 14.8. The van der Waals surface area contributed by atoms with Crippen molar-refractivity contribution in [1.82, 2.24) is 20.0 Å². The number of hydrogen-bond acceptors (Lipinski definition) is 4. The summed E-state index contributed by atoms with van der Waals surface area (Å²) in [5.41, 5.74) is 1.69. The van der Waals surface area contributed by atoms with Crippen LogP contribution in [0.3, 0.4) is 0 Å². The summed E-state index contributed by atoms with van der Waals surface area (Å²) < 4.78 is 21.1. The standard InChI is InChI=1S/C20H21FN4O2/c21-19-6-2-1-4-15(19)12-24-13-16-7-8-23-25(16)17(14-24)10-20(26)22-11-18-5-3-9-27-18/h1-9,17H,10-14H2,(H,22,26)/t17-/m1/s1. The fourth-order valence-electron chi connectivity index (χ4n) is 3.49. The highest BCUT2D eigenvalue weighted by Crippen LogP contribution is 2.25. The number of nitrogens with one attached hydrogen (secondary N) is 1. The summed E-state index contributed by atoms with van der Waals surface area (Å²) in [5.74, 6) is 0.447. The van der Waals surface area contributed by atoms with E-state index < -0.39 is 0 Å². The van der Waals surface area contributed by atoms with Gasteiger partial charge in [0.25, 0.3) is 0 Å². The maximum Gasteiger partial charge on any atom is 0.222 e. The molecular formula is C20H21FN4O2. The highest BCUT2D eigenvalue weighted by atomic mass is 19.1. The van der Waals surface area contributed by atoms with E-state index in [2.05, 4.69) is 15.3 Å². The van der Waals surface area contributed by atoms with Crippen LogP contribution in [0.1, 0.15) is 29.5 Å². The molecule has 0 aliphatic carbocycles. The number of carbonyl (C=O) groups excluding carboxylic acids is 1. The number of rotatable bonds is 6. The monoisotopic (exact) mass is 368 g/mol. The molecule has 6 nitrogen and oxygen atoms in total. The Balaban J connectivity index is 1.42. The average molecular weight is 368 g/mol. The van der Waals surface area contributed by atoms with Crippen molar-refractivity contribution < 1.29 is 13.6 Å². The summed E-state index contributed by atoms with van der Waals surface area (Å²) in [5, 5.41) is 7.25. The fourth-order valence-corrected chi connectivity index (χ4v) is 3.49. The van der Waals surface area contributed by atoms with Gasteiger partial charge in [0.2, 0.25) is 5.91 Å². The number of halogens is 1. The van der Waals surface area contributed by atoms with Gasteiger partial charge in [-0.3, -0.25) is 14.4 Å². The molecule has 1 atom stereocenters. The molecule has 1 N–H and O–H groups in total. The molecular weight excluding hydrogens is 347 g/mol. The number of carbonyl (C=O) groups is 1. The topological polar surface area (TPSA) is 63.3 Å². The molecule has 0 saturated carbocycles. The van der Waals surface area contributed by atoms with Crippen molar-refractivity contribution in [2.75, 3.05) is 6.54 Å². The molecule has 27 heavy (non-hydrogen) atoms. The van der Waals surface area contributed by atoms with Crippen LogP contribution in [0.25, 0.3) is 0 Å². The van der Waals surface area contributed by atoms with E-state index in [0.717, 1.165) is 5.69 Å². The predicted molar refractivity (Wildman–Crippen MR) is 96.9 cm³/mol. The van der Waals surface area contributed by atoms with E-state index in [9.17, 15) is 9.18 Å². The van der Waals surface area contributed by atoms with Gasteiger partial charge in [0, 0.05) is 31.4 Å². The minimum Gasteiger partial charge on any atom is -0.467 e. The zero-order chi connectivity index (χ0) is 18.6. The number of aromatic nitrogens is 2. The van der Waals surface area contributed by atoms with Gasteiger partial charge in [-0.05, 0) is 24.3 Å². The molecule has 1 aliphatic heterocycles. The van der Waals surface area contributed by atoms with E-state index >= 15 is 0 Å². The van der Waals surface area contributed by atoms with Crippen molar-refractivity contribution in [2.24, 2.45) is 0 Å². The highest BCUT2D eigenvalue weighted by molar-refractivity contribution is 5.76. The molecule has 0 radical (unpaired) electrons. The van der Waals surface area contributed by atoms with Crippen molar-refractivity contribution in [3.8, 4) is 0 Å². The number of hydrogen-bond donors (Lipinski definition) is 1. The molecule has 1 amide bonds. The van der Waals surface area contributed by atoms with Gasteiger partial charge in [0.1, 0.15) is 11.6 Å².